The van der Waals surface area contributed by atoms with Crippen LogP contribution in [0.4, 0.5) is 4.79 Å². The molecule has 0 bridgehead atoms. The molecule has 20 heavy (non-hydrogen) atoms. The quantitative estimate of drug-likeness (QED) is 0.314. The summed E-state index contributed by atoms with van der Waals surface area (Å²) in [6, 6.07) is -0.509. The number of nitrogens with one attached hydrogen (secondary N) is 2. The van der Waals surface area contributed by atoms with Crippen molar-refractivity contribution in [2.75, 3.05) is 19.8 Å². The Balaban J connectivity index is 4.68. The summed E-state index contributed by atoms with van der Waals surface area (Å²) < 4.78 is 9.44. The number of hydrogen-bond acceptors (Lipinski definition) is 5. The van der Waals surface area contributed by atoms with Gasteiger partial charge in [0.25, 0.3) is 0 Å². The zero-order chi connectivity index (χ0) is 15.5. The third kappa shape index (κ3) is 7.40. The van der Waals surface area contributed by atoms with E-state index in [0.717, 1.165) is 6.20 Å². The fourth-order valence-electron chi connectivity index (χ4n) is 1.10. The van der Waals surface area contributed by atoms with Crippen LogP contribution in [0.5, 0.6) is 0 Å². The van der Waals surface area contributed by atoms with E-state index in [1.54, 1.807) is 13.8 Å². The Morgan fingerprint density at radius 2 is 1.55 bits per heavy atom. The van der Waals surface area contributed by atoms with E-state index in [-0.39, 0.29) is 18.8 Å². The normalized spacial score (nSPS) is 9.65. The molecule has 0 saturated carbocycles. The highest BCUT2D eigenvalue weighted by Crippen LogP contribution is 2.01. The van der Waals surface area contributed by atoms with Crippen LogP contribution >= 0.6 is 0 Å². The van der Waals surface area contributed by atoms with E-state index in [4.69, 9.17) is 9.47 Å². The molecule has 0 unspecified atom stereocenters. The maximum absolute atomic E-state index is 11.6. The Hall–Kier alpha value is -2.05. The molecule has 0 aliphatic heterocycles. The molecular formula is C13H22N2O5. The van der Waals surface area contributed by atoms with Gasteiger partial charge in [-0.3, -0.25) is 0 Å². The van der Waals surface area contributed by atoms with Crippen LogP contribution in [0.2, 0.25) is 0 Å². The summed E-state index contributed by atoms with van der Waals surface area (Å²) in [6.45, 7) is 7.84. The SMILES string of the molecule is CCOC(=O)C(=CNC(=O)NCC(C)C)C(=O)OCC. The van der Waals surface area contributed by atoms with Crippen LogP contribution in [0.1, 0.15) is 27.7 Å². The first-order valence-electron chi connectivity index (χ1n) is 6.51. The van der Waals surface area contributed by atoms with Crippen molar-refractivity contribution < 1.29 is 23.9 Å². The van der Waals surface area contributed by atoms with Crippen molar-refractivity contribution in [2.45, 2.75) is 27.7 Å². The number of carbonyl (C=O) groups is 3. The topological polar surface area (TPSA) is 93.7 Å². The fourth-order valence-corrected chi connectivity index (χ4v) is 1.10. The largest absolute Gasteiger partial charge is 0.462 e. The minimum atomic E-state index is -0.838. The Morgan fingerprint density at radius 1 is 1.05 bits per heavy atom. The van der Waals surface area contributed by atoms with E-state index >= 15 is 0 Å². The molecule has 0 aromatic rings. The van der Waals surface area contributed by atoms with Gasteiger partial charge in [-0.15, -0.1) is 0 Å². The molecule has 0 aromatic heterocycles. The second-order valence-corrected chi connectivity index (χ2v) is 4.25. The molecule has 0 aliphatic carbocycles. The van der Waals surface area contributed by atoms with Crippen molar-refractivity contribution in [3.05, 3.63) is 11.8 Å². The first-order valence-corrected chi connectivity index (χ1v) is 6.51. The Labute approximate surface area is 118 Å². The third-order valence-corrected chi connectivity index (χ3v) is 2.01. The molecule has 0 rings (SSSR count). The van der Waals surface area contributed by atoms with Crippen molar-refractivity contribution >= 4 is 18.0 Å². The zero-order valence-corrected chi connectivity index (χ0v) is 12.3. The summed E-state index contributed by atoms with van der Waals surface area (Å²) >= 11 is 0. The minimum absolute atomic E-state index is 0.120. The van der Waals surface area contributed by atoms with Crippen molar-refractivity contribution in [1.82, 2.24) is 10.6 Å². The number of esters is 2. The van der Waals surface area contributed by atoms with Gasteiger partial charge in [0.1, 0.15) is 0 Å². The molecule has 2 N–H and O–H groups in total. The van der Waals surface area contributed by atoms with Crippen LogP contribution in [-0.4, -0.2) is 37.7 Å². The van der Waals surface area contributed by atoms with Gasteiger partial charge in [0, 0.05) is 12.7 Å². The van der Waals surface area contributed by atoms with Gasteiger partial charge < -0.3 is 20.1 Å². The first kappa shape index (κ1) is 17.9. The monoisotopic (exact) mass is 286 g/mol. The Bertz CT molecular complexity index is 357. The molecule has 0 radical (unpaired) electrons. The van der Waals surface area contributed by atoms with Gasteiger partial charge >= 0.3 is 18.0 Å². The third-order valence-electron chi connectivity index (χ3n) is 2.01. The van der Waals surface area contributed by atoms with Crippen molar-refractivity contribution in [1.29, 1.82) is 0 Å². The zero-order valence-electron chi connectivity index (χ0n) is 12.3. The fraction of sp³-hybridized carbons (Fsp3) is 0.615. The van der Waals surface area contributed by atoms with E-state index in [2.05, 4.69) is 10.6 Å². The van der Waals surface area contributed by atoms with Gasteiger partial charge in [-0.05, 0) is 19.8 Å². The van der Waals surface area contributed by atoms with E-state index in [9.17, 15) is 14.4 Å². The number of urea groups is 1. The van der Waals surface area contributed by atoms with Gasteiger partial charge in [0.05, 0.1) is 13.2 Å². The van der Waals surface area contributed by atoms with Gasteiger partial charge in [0.15, 0.2) is 5.57 Å². The second-order valence-electron chi connectivity index (χ2n) is 4.25. The second kappa shape index (κ2) is 9.82. The van der Waals surface area contributed by atoms with Gasteiger partial charge in [-0.1, -0.05) is 13.8 Å². The lowest BCUT2D eigenvalue weighted by Crippen LogP contribution is -2.35. The number of hydrogen-bond donors (Lipinski definition) is 2. The molecule has 0 saturated heterocycles. The van der Waals surface area contributed by atoms with Crippen LogP contribution in [0.15, 0.2) is 11.8 Å². The molecule has 7 heteroatoms. The Morgan fingerprint density at radius 3 is 1.95 bits per heavy atom. The number of amides is 2. The van der Waals surface area contributed by atoms with Gasteiger partial charge in [-0.25, -0.2) is 14.4 Å². The molecule has 0 aliphatic rings. The molecule has 0 fully saturated rings. The minimum Gasteiger partial charge on any atom is -0.462 e. The molecule has 114 valence electrons. The molecule has 0 heterocycles. The smallest absolute Gasteiger partial charge is 0.347 e. The van der Waals surface area contributed by atoms with Crippen molar-refractivity contribution in [2.24, 2.45) is 5.92 Å². The van der Waals surface area contributed by atoms with Crippen molar-refractivity contribution in [3.63, 3.8) is 0 Å². The van der Waals surface area contributed by atoms with Crippen molar-refractivity contribution in [3.8, 4) is 0 Å². The average molecular weight is 286 g/mol. The molecule has 0 spiro atoms. The summed E-state index contributed by atoms with van der Waals surface area (Å²) in [6.07, 6.45) is 0.992. The highest BCUT2D eigenvalue weighted by Gasteiger charge is 2.21. The maximum atomic E-state index is 11.6. The van der Waals surface area contributed by atoms with E-state index in [1.807, 2.05) is 13.8 Å². The summed E-state index contributed by atoms with van der Waals surface area (Å²) in [5.74, 6) is -1.38. The Kier molecular flexibility index (Phi) is 8.82. The van der Waals surface area contributed by atoms with E-state index in [1.165, 1.54) is 0 Å². The van der Waals surface area contributed by atoms with Gasteiger partial charge in [-0.2, -0.15) is 0 Å². The molecule has 0 atom stereocenters. The summed E-state index contributed by atoms with van der Waals surface area (Å²) in [7, 11) is 0. The van der Waals surface area contributed by atoms with E-state index < -0.39 is 18.0 Å². The standard InChI is InChI=1S/C13H22N2O5/c1-5-19-11(16)10(12(17)20-6-2)8-15-13(18)14-7-9(3)4/h8-9H,5-7H2,1-4H3,(H2,14,15,18). The van der Waals surface area contributed by atoms with Gasteiger partial charge in [0.2, 0.25) is 0 Å². The summed E-state index contributed by atoms with van der Waals surface area (Å²) in [4.78, 5) is 34.6. The summed E-state index contributed by atoms with van der Waals surface area (Å²) in [5.41, 5.74) is -0.353. The van der Waals surface area contributed by atoms with Crippen LogP contribution in [0.3, 0.4) is 0 Å². The molecule has 0 aromatic carbocycles. The predicted molar refractivity (Wildman–Crippen MR) is 72.7 cm³/mol. The lowest BCUT2D eigenvalue weighted by atomic mass is 10.2. The van der Waals surface area contributed by atoms with Crippen LogP contribution in [-0.2, 0) is 19.1 Å². The lowest BCUT2D eigenvalue weighted by Gasteiger charge is -2.09. The van der Waals surface area contributed by atoms with Crippen LogP contribution in [0, 0.1) is 5.92 Å². The highest BCUT2D eigenvalue weighted by molar-refractivity contribution is 6.14. The molecule has 2 amide bonds. The predicted octanol–water partition coefficient (Wildman–Crippen LogP) is 0.952. The maximum Gasteiger partial charge on any atom is 0.347 e. The lowest BCUT2D eigenvalue weighted by molar-refractivity contribution is -0.146. The number of ether oxygens (including phenoxy) is 2. The van der Waals surface area contributed by atoms with E-state index in [0.29, 0.717) is 12.5 Å². The average Bonchev–Trinajstić information content (AvgIpc) is 2.37. The summed E-state index contributed by atoms with van der Waals surface area (Å²) in [5, 5.41) is 4.88. The van der Waals surface area contributed by atoms with Crippen LogP contribution < -0.4 is 10.6 Å². The molecule has 7 nitrogen and oxygen atoms in total. The molecular weight excluding hydrogens is 264 g/mol. The highest BCUT2D eigenvalue weighted by atomic mass is 16.6. The first-order chi connectivity index (χ1) is 9.42. The number of carbonyl (C=O) groups excluding carboxylic acids is 3. The number of rotatable bonds is 7. The van der Waals surface area contributed by atoms with Crippen LogP contribution in [0.25, 0.3) is 0 Å².